The highest BCUT2D eigenvalue weighted by atomic mass is 35.5. The Balaban J connectivity index is 0.000000802. The van der Waals surface area contributed by atoms with E-state index >= 15 is 0 Å². The van der Waals surface area contributed by atoms with Crippen LogP contribution in [0, 0.1) is 0 Å². The molecule has 0 radical (unpaired) electrons. The number of primary amides is 2. The lowest BCUT2D eigenvalue weighted by Gasteiger charge is -2.16. The number of para-hydroxylation sites is 1. The molecule has 13 heteroatoms. The summed E-state index contributed by atoms with van der Waals surface area (Å²) in [6, 6.07) is 16.5. The normalized spacial score (nSPS) is 12.0. The number of anilines is 4. The van der Waals surface area contributed by atoms with Gasteiger partial charge in [0.05, 0.1) is 30.2 Å². The van der Waals surface area contributed by atoms with E-state index in [-0.39, 0.29) is 33.8 Å². The topological polar surface area (TPSA) is 186 Å². The van der Waals surface area contributed by atoms with E-state index in [9.17, 15) is 14.4 Å². The van der Waals surface area contributed by atoms with Crippen LogP contribution < -0.4 is 37.5 Å². The van der Waals surface area contributed by atoms with Gasteiger partial charge in [-0.15, -0.1) is 0 Å². The Hall–Kier alpha value is -5.20. The molecule has 1 aliphatic heterocycles. The van der Waals surface area contributed by atoms with Crippen molar-refractivity contribution in [2.75, 3.05) is 37.9 Å². The van der Waals surface area contributed by atoms with E-state index in [0.29, 0.717) is 33.8 Å². The van der Waals surface area contributed by atoms with Gasteiger partial charge in [-0.05, 0) is 73.5 Å². The number of benzene rings is 3. The first kappa shape index (κ1) is 31.7. The largest absolute Gasteiger partial charge is 0.495 e. The molecule has 0 bridgehead atoms. The first-order chi connectivity index (χ1) is 21.2. The minimum Gasteiger partial charge on any atom is -0.495 e. The van der Waals surface area contributed by atoms with Crippen molar-refractivity contribution in [2.45, 2.75) is 12.8 Å². The number of halogens is 1. The Bertz CT molecular complexity index is 1650. The van der Waals surface area contributed by atoms with Crippen molar-refractivity contribution in [1.29, 1.82) is 0 Å². The van der Waals surface area contributed by atoms with Crippen LogP contribution in [0.2, 0.25) is 5.02 Å². The summed E-state index contributed by atoms with van der Waals surface area (Å²) in [5, 5.41) is 12.0. The summed E-state index contributed by atoms with van der Waals surface area (Å²) in [6.07, 6.45) is 4.15. The number of hydrogen-bond donors (Lipinski definition) is 6. The molecule has 5 rings (SSSR count). The molecule has 1 fully saturated rings. The second-order valence-electron chi connectivity index (χ2n) is 9.63. The summed E-state index contributed by atoms with van der Waals surface area (Å²) in [6.45, 7) is 2.50. The second-order valence-corrected chi connectivity index (χ2v) is 10.0. The van der Waals surface area contributed by atoms with E-state index in [2.05, 4.69) is 31.2 Å². The fourth-order valence-electron chi connectivity index (χ4n) is 4.43. The zero-order chi connectivity index (χ0) is 31.6. The molecule has 1 saturated heterocycles. The van der Waals surface area contributed by atoms with Gasteiger partial charge >= 0.3 is 0 Å². The number of ether oxygens (including phenoxy) is 1. The van der Waals surface area contributed by atoms with Gasteiger partial charge in [0, 0.05) is 18.2 Å². The molecule has 3 amide bonds. The number of carbonyl (C=O) groups is 3. The third kappa shape index (κ3) is 7.79. The molecule has 4 aromatic rings. The van der Waals surface area contributed by atoms with E-state index in [1.807, 2.05) is 0 Å². The average Bonchev–Trinajstić information content (AvgIpc) is 3.63. The number of nitrogens with zero attached hydrogens (tertiary/aromatic N) is 2. The monoisotopic (exact) mass is 616 g/mol. The summed E-state index contributed by atoms with van der Waals surface area (Å²) >= 11 is 6.29. The molecule has 0 unspecified atom stereocenters. The molecule has 12 nitrogen and oxygen atoms in total. The van der Waals surface area contributed by atoms with Crippen LogP contribution in [0.15, 0.2) is 66.9 Å². The zero-order valence-electron chi connectivity index (χ0n) is 24.2. The van der Waals surface area contributed by atoms with Gasteiger partial charge in [0.15, 0.2) is 5.82 Å². The van der Waals surface area contributed by atoms with Crippen LogP contribution >= 0.6 is 11.6 Å². The summed E-state index contributed by atoms with van der Waals surface area (Å²) in [7, 11) is 3.01. The maximum atomic E-state index is 12.4. The highest BCUT2D eigenvalue weighted by Crippen LogP contribution is 2.36. The smallest absolute Gasteiger partial charge is 0.251 e. The van der Waals surface area contributed by atoms with Crippen LogP contribution in [0.25, 0.3) is 11.1 Å². The van der Waals surface area contributed by atoms with Crippen molar-refractivity contribution in [2.24, 2.45) is 11.5 Å². The molecule has 1 aromatic heterocycles. The fourth-order valence-corrected chi connectivity index (χ4v) is 4.57. The Morgan fingerprint density at radius 1 is 0.909 bits per heavy atom. The Labute approximate surface area is 259 Å². The highest BCUT2D eigenvalue weighted by Gasteiger charge is 2.18. The number of methoxy groups -OCH3 is 1. The van der Waals surface area contributed by atoms with Gasteiger partial charge < -0.3 is 37.5 Å². The molecular formula is C31H33ClN8O4. The number of amides is 3. The van der Waals surface area contributed by atoms with Crippen molar-refractivity contribution >= 4 is 52.5 Å². The molecule has 3 aromatic carbocycles. The van der Waals surface area contributed by atoms with Gasteiger partial charge in [-0.3, -0.25) is 14.4 Å². The van der Waals surface area contributed by atoms with Gasteiger partial charge in [-0.25, -0.2) is 4.98 Å². The summed E-state index contributed by atoms with van der Waals surface area (Å²) in [5.41, 5.74) is 14.0. The lowest BCUT2D eigenvalue weighted by atomic mass is 9.97. The second kappa shape index (κ2) is 14.8. The molecule has 1 aliphatic rings. The first-order valence-electron chi connectivity index (χ1n) is 13.7. The molecule has 0 spiro atoms. The van der Waals surface area contributed by atoms with Crippen LogP contribution in [0.4, 0.5) is 23.1 Å². The predicted octanol–water partition coefficient (Wildman–Crippen LogP) is 4.22. The van der Waals surface area contributed by atoms with Crippen molar-refractivity contribution in [1.82, 2.24) is 20.6 Å². The SMILES string of the molecule is C1CCNC1.CNC(=O)c1ccc(-c2cc(OC)c(Nc3ncc(Cl)c(Nc4ccccc4C(N)=O)n3)cc2C(N)=O)cc1. The lowest BCUT2D eigenvalue weighted by Crippen LogP contribution is -2.17. The van der Waals surface area contributed by atoms with E-state index in [1.54, 1.807) is 61.6 Å². The van der Waals surface area contributed by atoms with Crippen LogP contribution in [-0.4, -0.2) is 54.9 Å². The predicted molar refractivity (Wildman–Crippen MR) is 171 cm³/mol. The van der Waals surface area contributed by atoms with Gasteiger partial charge in [-0.2, -0.15) is 4.98 Å². The number of carbonyl (C=O) groups excluding carboxylic acids is 3. The quantitative estimate of drug-likeness (QED) is 0.160. The van der Waals surface area contributed by atoms with E-state index in [0.717, 1.165) is 0 Å². The zero-order valence-corrected chi connectivity index (χ0v) is 25.0. The molecule has 0 aliphatic carbocycles. The van der Waals surface area contributed by atoms with Gasteiger partial charge in [0.2, 0.25) is 11.9 Å². The number of hydrogen-bond acceptors (Lipinski definition) is 9. The number of rotatable bonds is 9. The third-order valence-corrected chi connectivity index (χ3v) is 6.96. The van der Waals surface area contributed by atoms with Crippen LogP contribution in [0.1, 0.15) is 43.9 Å². The van der Waals surface area contributed by atoms with Crippen LogP contribution in [-0.2, 0) is 0 Å². The number of nitrogens with one attached hydrogen (secondary N) is 4. The molecule has 0 saturated carbocycles. The molecule has 8 N–H and O–H groups in total. The van der Waals surface area contributed by atoms with E-state index in [1.165, 1.54) is 45.3 Å². The number of nitrogens with two attached hydrogens (primary N) is 2. The molecule has 228 valence electrons. The summed E-state index contributed by atoms with van der Waals surface area (Å²) in [4.78, 5) is 44.7. The van der Waals surface area contributed by atoms with Gasteiger partial charge in [0.1, 0.15) is 10.8 Å². The van der Waals surface area contributed by atoms with Crippen molar-refractivity contribution in [3.63, 3.8) is 0 Å². The van der Waals surface area contributed by atoms with Crippen molar-refractivity contribution in [3.8, 4) is 16.9 Å². The lowest BCUT2D eigenvalue weighted by molar-refractivity contribution is 0.0960. The standard InChI is InChI=1S/C27H24ClN7O4.C4H9N/c1-31-26(38)15-9-7-14(8-10-15)17-12-22(39-2)21(11-18(17)24(30)37)34-27-32-13-19(28)25(35-27)33-20-6-4-3-5-16(20)23(29)36;1-2-4-5-3-1/h3-13H,1-2H3,(H2,29,36)(H2,30,37)(H,31,38)(H2,32,33,34,35);5H,1-4H2. The Morgan fingerprint density at radius 2 is 1.59 bits per heavy atom. The van der Waals surface area contributed by atoms with Crippen molar-refractivity contribution < 1.29 is 19.1 Å². The Morgan fingerprint density at radius 3 is 2.18 bits per heavy atom. The van der Waals surface area contributed by atoms with Gasteiger partial charge in [-0.1, -0.05) is 35.9 Å². The average molecular weight is 617 g/mol. The van der Waals surface area contributed by atoms with Gasteiger partial charge in [0.25, 0.3) is 11.8 Å². The fraction of sp³-hybridized carbons (Fsp3) is 0.194. The van der Waals surface area contributed by atoms with E-state index in [4.69, 9.17) is 27.8 Å². The summed E-state index contributed by atoms with van der Waals surface area (Å²) < 4.78 is 5.56. The number of aromatic nitrogens is 2. The minimum atomic E-state index is -0.673. The van der Waals surface area contributed by atoms with E-state index < -0.39 is 11.8 Å². The molecule has 44 heavy (non-hydrogen) atoms. The minimum absolute atomic E-state index is 0.120. The molecule has 2 heterocycles. The summed E-state index contributed by atoms with van der Waals surface area (Å²) in [5.74, 6) is -0.817. The van der Waals surface area contributed by atoms with Crippen LogP contribution in [0.3, 0.4) is 0 Å². The highest BCUT2D eigenvalue weighted by molar-refractivity contribution is 6.33. The van der Waals surface area contributed by atoms with Crippen LogP contribution in [0.5, 0.6) is 5.75 Å². The maximum absolute atomic E-state index is 12.4. The molecule has 0 atom stereocenters. The Kier molecular flexibility index (Phi) is 10.7. The third-order valence-electron chi connectivity index (χ3n) is 6.68. The van der Waals surface area contributed by atoms with Crippen molar-refractivity contribution in [3.05, 3.63) is 88.6 Å². The maximum Gasteiger partial charge on any atom is 0.251 e. The first-order valence-corrected chi connectivity index (χ1v) is 14.1. The molecular weight excluding hydrogens is 584 g/mol.